The van der Waals surface area contributed by atoms with Gasteiger partial charge in [-0.2, -0.15) is 0 Å². The Labute approximate surface area is 102 Å². The maximum absolute atomic E-state index is 11.2. The highest BCUT2D eigenvalue weighted by Gasteiger charge is 2.18. The molecule has 3 N–H and O–H groups in total. The van der Waals surface area contributed by atoms with Gasteiger partial charge in [-0.25, -0.2) is 0 Å². The van der Waals surface area contributed by atoms with Crippen LogP contribution in [0.25, 0.3) is 0 Å². The first-order chi connectivity index (χ1) is 8.04. The fraction of sp³-hybridized carbons (Fsp3) is 0.462. The molecule has 1 aromatic carbocycles. The van der Waals surface area contributed by atoms with Crippen molar-refractivity contribution in [2.24, 2.45) is 11.7 Å². The number of carbonyl (C=O) groups is 1. The van der Waals surface area contributed by atoms with E-state index in [1.807, 2.05) is 38.1 Å². The van der Waals surface area contributed by atoms with Crippen LogP contribution in [0.4, 0.5) is 0 Å². The number of hydrogen-bond donors (Lipinski definition) is 2. The van der Waals surface area contributed by atoms with Crippen molar-refractivity contribution in [1.29, 1.82) is 0 Å². The number of carbonyl (C=O) groups excluding carboxylic acids is 1. The van der Waals surface area contributed by atoms with E-state index < -0.39 is 0 Å². The van der Waals surface area contributed by atoms with Crippen molar-refractivity contribution in [3.05, 3.63) is 29.8 Å². The second-order valence-corrected chi connectivity index (χ2v) is 4.35. The summed E-state index contributed by atoms with van der Waals surface area (Å²) in [5.74, 6) is 0.698. The standard InChI is InChI=1S/C13H20N2O2/c1-9(2)12(13(14)16)15-8-10-4-6-11(17-3)7-5-10/h4-7,9,12,15H,8H2,1-3H3,(H2,14,16)/t12-/m0/s1. The first kappa shape index (κ1) is 13.5. The summed E-state index contributed by atoms with van der Waals surface area (Å²) in [5, 5.41) is 3.16. The highest BCUT2D eigenvalue weighted by atomic mass is 16.5. The molecule has 94 valence electrons. The molecule has 0 heterocycles. The van der Waals surface area contributed by atoms with Gasteiger partial charge < -0.3 is 15.8 Å². The Bertz CT molecular complexity index is 360. The van der Waals surface area contributed by atoms with Crippen LogP contribution in [0.3, 0.4) is 0 Å². The lowest BCUT2D eigenvalue weighted by atomic mass is 10.0. The minimum Gasteiger partial charge on any atom is -0.497 e. The van der Waals surface area contributed by atoms with E-state index in [1.165, 1.54) is 0 Å². The Kier molecular flexibility index (Phi) is 4.97. The van der Waals surface area contributed by atoms with E-state index in [9.17, 15) is 4.79 Å². The van der Waals surface area contributed by atoms with Crippen molar-refractivity contribution in [3.63, 3.8) is 0 Å². The Morgan fingerprint density at radius 3 is 2.35 bits per heavy atom. The van der Waals surface area contributed by atoms with Gasteiger partial charge in [-0.3, -0.25) is 4.79 Å². The summed E-state index contributed by atoms with van der Waals surface area (Å²) in [4.78, 5) is 11.2. The number of nitrogens with one attached hydrogen (secondary N) is 1. The molecule has 0 radical (unpaired) electrons. The predicted octanol–water partition coefficient (Wildman–Crippen LogP) is 1.29. The second-order valence-electron chi connectivity index (χ2n) is 4.35. The first-order valence-electron chi connectivity index (χ1n) is 5.70. The molecule has 0 bridgehead atoms. The number of amides is 1. The molecule has 0 saturated carbocycles. The minimum atomic E-state index is -0.312. The molecule has 0 aliphatic rings. The van der Waals surface area contributed by atoms with E-state index in [4.69, 9.17) is 10.5 Å². The van der Waals surface area contributed by atoms with E-state index in [1.54, 1.807) is 7.11 Å². The van der Waals surface area contributed by atoms with Crippen LogP contribution in [0.1, 0.15) is 19.4 Å². The summed E-state index contributed by atoms with van der Waals surface area (Å²) in [6, 6.07) is 7.42. The van der Waals surface area contributed by atoms with Crippen molar-refractivity contribution in [3.8, 4) is 5.75 Å². The first-order valence-corrected chi connectivity index (χ1v) is 5.70. The van der Waals surface area contributed by atoms with Crippen LogP contribution in [0.5, 0.6) is 5.75 Å². The molecule has 0 spiro atoms. The topological polar surface area (TPSA) is 64.3 Å². The van der Waals surface area contributed by atoms with Gasteiger partial charge in [0.05, 0.1) is 13.2 Å². The molecule has 1 aromatic rings. The van der Waals surface area contributed by atoms with Gasteiger partial charge in [-0.05, 0) is 23.6 Å². The number of benzene rings is 1. The van der Waals surface area contributed by atoms with Crippen LogP contribution in [0.2, 0.25) is 0 Å². The van der Waals surface area contributed by atoms with Crippen molar-refractivity contribution >= 4 is 5.91 Å². The van der Waals surface area contributed by atoms with Gasteiger partial charge in [0, 0.05) is 6.54 Å². The third kappa shape index (κ3) is 4.07. The number of primary amides is 1. The maximum Gasteiger partial charge on any atom is 0.234 e. The number of nitrogens with two attached hydrogens (primary N) is 1. The molecular formula is C13H20N2O2. The highest BCUT2D eigenvalue weighted by molar-refractivity contribution is 5.80. The number of hydrogen-bond acceptors (Lipinski definition) is 3. The quantitative estimate of drug-likeness (QED) is 0.782. The van der Waals surface area contributed by atoms with E-state index in [-0.39, 0.29) is 17.9 Å². The summed E-state index contributed by atoms with van der Waals surface area (Å²) < 4.78 is 5.08. The molecule has 0 aliphatic carbocycles. The molecule has 0 aliphatic heterocycles. The lowest BCUT2D eigenvalue weighted by molar-refractivity contribution is -0.121. The maximum atomic E-state index is 11.2. The fourth-order valence-electron chi connectivity index (χ4n) is 1.64. The zero-order chi connectivity index (χ0) is 12.8. The van der Waals surface area contributed by atoms with Gasteiger partial charge >= 0.3 is 0 Å². The molecule has 1 rings (SSSR count). The van der Waals surface area contributed by atoms with Gasteiger partial charge in [-0.15, -0.1) is 0 Å². The molecule has 0 aromatic heterocycles. The highest BCUT2D eigenvalue weighted by Crippen LogP contribution is 2.11. The third-order valence-electron chi connectivity index (χ3n) is 2.66. The molecule has 1 atom stereocenters. The second kappa shape index (κ2) is 6.25. The molecular weight excluding hydrogens is 216 g/mol. The number of rotatable bonds is 6. The van der Waals surface area contributed by atoms with Crippen molar-refractivity contribution in [1.82, 2.24) is 5.32 Å². The molecule has 17 heavy (non-hydrogen) atoms. The lowest BCUT2D eigenvalue weighted by Crippen LogP contribution is -2.44. The summed E-state index contributed by atoms with van der Waals surface area (Å²) in [6.07, 6.45) is 0. The van der Waals surface area contributed by atoms with Gasteiger partial charge in [0.25, 0.3) is 0 Å². The van der Waals surface area contributed by atoms with Gasteiger partial charge in [0.1, 0.15) is 5.75 Å². The van der Waals surface area contributed by atoms with Gasteiger partial charge in [0.15, 0.2) is 0 Å². The summed E-state index contributed by atoms with van der Waals surface area (Å²) in [6.45, 7) is 4.56. The Balaban J connectivity index is 2.56. The van der Waals surface area contributed by atoms with Gasteiger partial charge in [0.2, 0.25) is 5.91 Å². The molecule has 1 amide bonds. The smallest absolute Gasteiger partial charge is 0.234 e. The van der Waals surface area contributed by atoms with Gasteiger partial charge in [-0.1, -0.05) is 26.0 Å². The van der Waals surface area contributed by atoms with Crippen LogP contribution < -0.4 is 15.8 Å². The number of ether oxygens (including phenoxy) is 1. The van der Waals surface area contributed by atoms with Crippen LogP contribution in [-0.4, -0.2) is 19.1 Å². The number of methoxy groups -OCH3 is 1. The Morgan fingerprint density at radius 1 is 1.35 bits per heavy atom. The average Bonchev–Trinajstić information content (AvgIpc) is 2.29. The van der Waals surface area contributed by atoms with E-state index in [2.05, 4.69) is 5.32 Å². The van der Waals surface area contributed by atoms with Crippen molar-refractivity contribution in [2.45, 2.75) is 26.4 Å². The van der Waals surface area contributed by atoms with E-state index >= 15 is 0 Å². The van der Waals surface area contributed by atoms with Crippen LogP contribution >= 0.6 is 0 Å². The van der Waals surface area contributed by atoms with E-state index in [0.29, 0.717) is 6.54 Å². The summed E-state index contributed by atoms with van der Waals surface area (Å²) >= 11 is 0. The fourth-order valence-corrected chi connectivity index (χ4v) is 1.64. The molecule has 0 fully saturated rings. The normalized spacial score (nSPS) is 12.5. The predicted molar refractivity (Wildman–Crippen MR) is 67.7 cm³/mol. The van der Waals surface area contributed by atoms with Crippen molar-refractivity contribution < 1.29 is 9.53 Å². The zero-order valence-electron chi connectivity index (χ0n) is 10.6. The molecule has 4 nitrogen and oxygen atoms in total. The zero-order valence-corrected chi connectivity index (χ0v) is 10.6. The van der Waals surface area contributed by atoms with E-state index in [0.717, 1.165) is 11.3 Å². The van der Waals surface area contributed by atoms with Crippen molar-refractivity contribution in [2.75, 3.05) is 7.11 Å². The summed E-state index contributed by atoms with van der Waals surface area (Å²) in [5.41, 5.74) is 6.42. The molecule has 4 heteroatoms. The largest absolute Gasteiger partial charge is 0.497 e. The average molecular weight is 236 g/mol. The Hall–Kier alpha value is -1.55. The molecule has 0 unspecified atom stereocenters. The molecule has 0 saturated heterocycles. The van der Waals surface area contributed by atoms with Crippen LogP contribution in [0, 0.1) is 5.92 Å². The monoisotopic (exact) mass is 236 g/mol. The third-order valence-corrected chi connectivity index (χ3v) is 2.66. The lowest BCUT2D eigenvalue weighted by Gasteiger charge is -2.18. The Morgan fingerprint density at radius 2 is 1.94 bits per heavy atom. The van der Waals surface area contributed by atoms with Crippen LogP contribution in [0.15, 0.2) is 24.3 Å². The van der Waals surface area contributed by atoms with Crippen LogP contribution in [-0.2, 0) is 11.3 Å². The minimum absolute atomic E-state index is 0.186. The summed E-state index contributed by atoms with van der Waals surface area (Å²) in [7, 11) is 1.63. The SMILES string of the molecule is COc1ccc(CN[C@H](C(N)=O)C(C)C)cc1.